The maximum Gasteiger partial charge on any atom is 0.195 e. The van der Waals surface area contributed by atoms with Crippen molar-refractivity contribution in [3.05, 3.63) is 70.4 Å². The van der Waals surface area contributed by atoms with Crippen LogP contribution in [-0.2, 0) is 6.42 Å². The molecule has 2 aromatic carbocycles. The van der Waals surface area contributed by atoms with Gasteiger partial charge < -0.3 is 0 Å². The molecule has 0 saturated heterocycles. The molecule has 1 heterocycles. The zero-order chi connectivity index (χ0) is 15.0. The van der Waals surface area contributed by atoms with E-state index in [0.29, 0.717) is 0 Å². The van der Waals surface area contributed by atoms with Gasteiger partial charge in [-0.25, -0.2) is 13.2 Å². The van der Waals surface area contributed by atoms with E-state index in [1.165, 1.54) is 11.3 Å². The molecule has 3 aromatic rings. The van der Waals surface area contributed by atoms with E-state index in [2.05, 4.69) is 0 Å². The van der Waals surface area contributed by atoms with Crippen LogP contribution in [0.1, 0.15) is 15.9 Å². The van der Waals surface area contributed by atoms with Crippen LogP contribution in [0.25, 0.3) is 10.1 Å². The third-order valence-corrected chi connectivity index (χ3v) is 4.26. The van der Waals surface area contributed by atoms with Crippen molar-refractivity contribution in [2.75, 3.05) is 0 Å². The summed E-state index contributed by atoms with van der Waals surface area (Å²) in [5.41, 5.74) is 0.328. The quantitative estimate of drug-likeness (QED) is 0.504. The molecule has 0 fully saturated rings. The van der Waals surface area contributed by atoms with E-state index in [1.54, 1.807) is 0 Å². The Kier molecular flexibility index (Phi) is 3.51. The largest absolute Gasteiger partial charge is 0.294 e. The molecule has 0 N–H and O–H groups in total. The molecule has 106 valence electrons. The van der Waals surface area contributed by atoms with Crippen LogP contribution in [0, 0.1) is 17.5 Å². The predicted octanol–water partition coefficient (Wildman–Crippen LogP) is 4.74. The van der Waals surface area contributed by atoms with Crippen molar-refractivity contribution >= 4 is 27.2 Å². The minimum atomic E-state index is -1.61. The summed E-state index contributed by atoms with van der Waals surface area (Å²) in [5, 5.41) is 2.74. The molecule has 0 unspecified atom stereocenters. The summed E-state index contributed by atoms with van der Waals surface area (Å²) in [7, 11) is 0. The van der Waals surface area contributed by atoms with E-state index < -0.39 is 28.8 Å². The van der Waals surface area contributed by atoms with Crippen LogP contribution in [0.5, 0.6) is 0 Å². The van der Waals surface area contributed by atoms with Gasteiger partial charge in [0.1, 0.15) is 0 Å². The first-order chi connectivity index (χ1) is 10.1. The SMILES string of the molecule is O=C(Cc1csc2ccccc12)c1ccc(F)c(F)c1F. The number of Topliss-reactive ketones (excluding diaryl/α,β-unsaturated/α-hetero) is 1. The molecule has 0 aliphatic rings. The van der Waals surface area contributed by atoms with E-state index in [1.807, 2.05) is 29.6 Å². The zero-order valence-electron chi connectivity index (χ0n) is 10.7. The molecule has 0 atom stereocenters. The van der Waals surface area contributed by atoms with Gasteiger partial charge in [0.25, 0.3) is 0 Å². The number of rotatable bonds is 3. The molecule has 0 amide bonds. The monoisotopic (exact) mass is 306 g/mol. The number of hydrogen-bond acceptors (Lipinski definition) is 2. The van der Waals surface area contributed by atoms with Crippen molar-refractivity contribution in [3.8, 4) is 0 Å². The van der Waals surface area contributed by atoms with Gasteiger partial charge in [-0.05, 0) is 34.5 Å². The average Bonchev–Trinajstić information content (AvgIpc) is 2.88. The molecule has 0 bridgehead atoms. The van der Waals surface area contributed by atoms with Gasteiger partial charge in [0, 0.05) is 11.1 Å². The highest BCUT2D eigenvalue weighted by Gasteiger charge is 2.19. The minimum absolute atomic E-state index is 0.0496. The van der Waals surface area contributed by atoms with Gasteiger partial charge >= 0.3 is 0 Å². The topological polar surface area (TPSA) is 17.1 Å². The zero-order valence-corrected chi connectivity index (χ0v) is 11.5. The summed E-state index contributed by atoms with van der Waals surface area (Å²) in [6.45, 7) is 0. The van der Waals surface area contributed by atoms with Crippen molar-refractivity contribution in [1.29, 1.82) is 0 Å². The third-order valence-electron chi connectivity index (χ3n) is 3.25. The molecule has 0 aliphatic carbocycles. The number of hydrogen-bond donors (Lipinski definition) is 0. The number of carbonyl (C=O) groups excluding carboxylic acids is 1. The molecule has 0 spiro atoms. The van der Waals surface area contributed by atoms with E-state index in [-0.39, 0.29) is 6.42 Å². The van der Waals surface area contributed by atoms with Gasteiger partial charge in [-0.15, -0.1) is 11.3 Å². The summed E-state index contributed by atoms with van der Waals surface area (Å²) in [6.07, 6.45) is -0.0496. The van der Waals surface area contributed by atoms with Gasteiger partial charge in [-0.2, -0.15) is 0 Å². The van der Waals surface area contributed by atoms with Crippen molar-refractivity contribution < 1.29 is 18.0 Å². The highest BCUT2D eigenvalue weighted by Crippen LogP contribution is 2.27. The Hall–Kier alpha value is -2.14. The van der Waals surface area contributed by atoms with E-state index >= 15 is 0 Å². The summed E-state index contributed by atoms with van der Waals surface area (Å²) in [4.78, 5) is 12.1. The van der Waals surface area contributed by atoms with Crippen LogP contribution in [0.3, 0.4) is 0 Å². The second-order valence-electron chi connectivity index (χ2n) is 4.58. The predicted molar refractivity (Wildman–Crippen MR) is 76.2 cm³/mol. The molecular formula is C16H9F3OS. The smallest absolute Gasteiger partial charge is 0.195 e. The van der Waals surface area contributed by atoms with Crippen molar-refractivity contribution in [1.82, 2.24) is 0 Å². The van der Waals surface area contributed by atoms with E-state index in [9.17, 15) is 18.0 Å². The molecule has 1 nitrogen and oxygen atoms in total. The van der Waals surface area contributed by atoms with Gasteiger partial charge in [0.2, 0.25) is 0 Å². The first-order valence-electron chi connectivity index (χ1n) is 6.19. The fourth-order valence-corrected chi connectivity index (χ4v) is 3.14. The highest BCUT2D eigenvalue weighted by molar-refractivity contribution is 7.17. The van der Waals surface area contributed by atoms with Crippen LogP contribution < -0.4 is 0 Å². The third kappa shape index (κ3) is 2.45. The summed E-state index contributed by atoms with van der Waals surface area (Å²) in [6, 6.07) is 9.27. The van der Waals surface area contributed by atoms with E-state index in [4.69, 9.17) is 0 Å². The lowest BCUT2D eigenvalue weighted by Gasteiger charge is -2.04. The highest BCUT2D eigenvalue weighted by atomic mass is 32.1. The first-order valence-corrected chi connectivity index (χ1v) is 7.07. The minimum Gasteiger partial charge on any atom is -0.294 e. The number of ketones is 1. The lowest BCUT2D eigenvalue weighted by atomic mass is 10.0. The van der Waals surface area contributed by atoms with Crippen molar-refractivity contribution in [2.24, 2.45) is 0 Å². The standard InChI is InChI=1S/C16H9F3OS/c17-12-6-5-11(15(18)16(12)19)13(20)7-9-8-21-14-4-2-1-3-10(9)14/h1-6,8H,7H2. The second-order valence-corrected chi connectivity index (χ2v) is 5.49. The van der Waals surface area contributed by atoms with Crippen LogP contribution in [0.15, 0.2) is 41.8 Å². The lowest BCUT2D eigenvalue weighted by molar-refractivity contribution is 0.0988. The Morgan fingerprint density at radius 3 is 2.57 bits per heavy atom. The Labute approximate surface area is 122 Å². The fraction of sp³-hybridized carbons (Fsp3) is 0.0625. The number of carbonyl (C=O) groups is 1. The Balaban J connectivity index is 1.95. The first kappa shape index (κ1) is 13.8. The van der Waals surface area contributed by atoms with Crippen molar-refractivity contribution in [2.45, 2.75) is 6.42 Å². The summed E-state index contributed by atoms with van der Waals surface area (Å²) >= 11 is 1.48. The summed E-state index contributed by atoms with van der Waals surface area (Å²) < 4.78 is 40.7. The number of thiophene rings is 1. The number of fused-ring (bicyclic) bond motifs is 1. The van der Waals surface area contributed by atoms with Gasteiger partial charge in [0.05, 0.1) is 5.56 Å². The molecule has 0 aliphatic heterocycles. The summed E-state index contributed by atoms with van der Waals surface area (Å²) in [5.74, 6) is -4.92. The fourth-order valence-electron chi connectivity index (χ4n) is 2.18. The second kappa shape index (κ2) is 5.33. The Bertz CT molecular complexity index is 839. The normalized spacial score (nSPS) is 11.0. The molecule has 21 heavy (non-hydrogen) atoms. The van der Waals surface area contributed by atoms with Gasteiger partial charge in [-0.3, -0.25) is 4.79 Å². The Morgan fingerprint density at radius 1 is 1.00 bits per heavy atom. The molecule has 5 heteroatoms. The van der Waals surface area contributed by atoms with Crippen LogP contribution in [-0.4, -0.2) is 5.78 Å². The Morgan fingerprint density at radius 2 is 1.76 bits per heavy atom. The molecule has 0 radical (unpaired) electrons. The average molecular weight is 306 g/mol. The molecule has 1 aromatic heterocycles. The van der Waals surface area contributed by atoms with Crippen LogP contribution >= 0.6 is 11.3 Å². The van der Waals surface area contributed by atoms with Gasteiger partial charge in [-0.1, -0.05) is 18.2 Å². The van der Waals surface area contributed by atoms with Crippen LogP contribution in [0.2, 0.25) is 0 Å². The van der Waals surface area contributed by atoms with Crippen LogP contribution in [0.4, 0.5) is 13.2 Å². The number of halogens is 3. The van der Waals surface area contributed by atoms with E-state index in [0.717, 1.165) is 27.8 Å². The van der Waals surface area contributed by atoms with Gasteiger partial charge in [0.15, 0.2) is 23.2 Å². The maximum atomic E-state index is 13.6. The maximum absolute atomic E-state index is 13.6. The molecule has 3 rings (SSSR count). The number of benzene rings is 2. The lowest BCUT2D eigenvalue weighted by Crippen LogP contribution is -2.08. The molecule has 0 saturated carbocycles. The molecular weight excluding hydrogens is 297 g/mol. The van der Waals surface area contributed by atoms with Crippen molar-refractivity contribution in [3.63, 3.8) is 0 Å².